The van der Waals surface area contributed by atoms with Gasteiger partial charge in [0.05, 0.1) is 11.0 Å². The fourth-order valence-corrected chi connectivity index (χ4v) is 1.56. The predicted octanol–water partition coefficient (Wildman–Crippen LogP) is 3.62. The number of nitrogens with zero attached hydrogens (tertiary/aromatic N) is 1. The van der Waals surface area contributed by atoms with Crippen LogP contribution >= 0.6 is 0 Å². The van der Waals surface area contributed by atoms with Crippen LogP contribution < -0.4 is 0 Å². The molecule has 4 nitrogen and oxygen atoms in total. The van der Waals surface area contributed by atoms with Crippen LogP contribution in [0.4, 0.5) is 18.9 Å². The molecule has 0 saturated heterocycles. The van der Waals surface area contributed by atoms with Gasteiger partial charge in [0.25, 0.3) is 5.69 Å². The first-order chi connectivity index (χ1) is 7.94. The standard InChI is InChI=1S/C11H12F3NO3/c1-10(2,3)7-4-6(11(12,13)14)8(15(17)18)5-9(7)16/h4-5,16H,1-3H3. The zero-order valence-electron chi connectivity index (χ0n) is 10.00. The van der Waals surface area contributed by atoms with E-state index in [1.807, 2.05) is 0 Å². The van der Waals surface area contributed by atoms with Gasteiger partial charge in [-0.3, -0.25) is 10.1 Å². The van der Waals surface area contributed by atoms with E-state index in [2.05, 4.69) is 0 Å². The molecule has 0 saturated carbocycles. The van der Waals surface area contributed by atoms with Gasteiger partial charge in [-0.05, 0) is 11.5 Å². The molecule has 0 fully saturated rings. The number of hydrogen-bond acceptors (Lipinski definition) is 3. The zero-order chi connectivity index (χ0) is 14.3. The van der Waals surface area contributed by atoms with Crippen molar-refractivity contribution in [3.05, 3.63) is 33.4 Å². The van der Waals surface area contributed by atoms with E-state index >= 15 is 0 Å². The summed E-state index contributed by atoms with van der Waals surface area (Å²) < 4.78 is 38.2. The van der Waals surface area contributed by atoms with Crippen LogP contribution in [-0.2, 0) is 11.6 Å². The molecule has 0 atom stereocenters. The summed E-state index contributed by atoms with van der Waals surface area (Å²) in [6, 6.07) is 1.18. The second-order valence-corrected chi connectivity index (χ2v) is 4.89. The van der Waals surface area contributed by atoms with Crippen molar-refractivity contribution in [3.8, 4) is 5.75 Å². The van der Waals surface area contributed by atoms with Crippen LogP contribution in [0, 0.1) is 10.1 Å². The monoisotopic (exact) mass is 263 g/mol. The highest BCUT2D eigenvalue weighted by atomic mass is 19.4. The molecular weight excluding hydrogens is 251 g/mol. The second kappa shape index (κ2) is 4.15. The number of alkyl halides is 3. The molecule has 1 aromatic rings. The third kappa shape index (κ3) is 2.72. The smallest absolute Gasteiger partial charge is 0.423 e. The van der Waals surface area contributed by atoms with Crippen LogP contribution in [0.25, 0.3) is 0 Å². The summed E-state index contributed by atoms with van der Waals surface area (Å²) in [5, 5.41) is 20.2. The maximum atomic E-state index is 12.7. The van der Waals surface area contributed by atoms with Gasteiger partial charge in [-0.1, -0.05) is 20.8 Å². The summed E-state index contributed by atoms with van der Waals surface area (Å²) >= 11 is 0. The van der Waals surface area contributed by atoms with E-state index < -0.39 is 33.5 Å². The lowest BCUT2D eigenvalue weighted by molar-refractivity contribution is -0.388. The molecule has 0 amide bonds. The summed E-state index contributed by atoms with van der Waals surface area (Å²) in [7, 11) is 0. The molecule has 0 unspecified atom stereocenters. The first-order valence-corrected chi connectivity index (χ1v) is 5.03. The van der Waals surface area contributed by atoms with Crippen molar-refractivity contribution in [1.82, 2.24) is 0 Å². The topological polar surface area (TPSA) is 63.4 Å². The van der Waals surface area contributed by atoms with E-state index in [1.54, 1.807) is 20.8 Å². The molecule has 7 heteroatoms. The lowest BCUT2D eigenvalue weighted by Crippen LogP contribution is -2.15. The number of aromatic hydroxyl groups is 1. The molecule has 0 spiro atoms. The van der Waals surface area contributed by atoms with Gasteiger partial charge in [0.1, 0.15) is 11.3 Å². The van der Waals surface area contributed by atoms with Gasteiger partial charge >= 0.3 is 6.18 Å². The zero-order valence-corrected chi connectivity index (χ0v) is 10.00. The highest BCUT2D eigenvalue weighted by Crippen LogP contribution is 2.42. The molecule has 0 aliphatic heterocycles. The second-order valence-electron chi connectivity index (χ2n) is 4.89. The van der Waals surface area contributed by atoms with E-state index in [1.165, 1.54) is 0 Å². The van der Waals surface area contributed by atoms with Gasteiger partial charge in [0.2, 0.25) is 0 Å². The van der Waals surface area contributed by atoms with Crippen molar-refractivity contribution < 1.29 is 23.2 Å². The number of nitro groups is 1. The number of nitro benzene ring substituents is 1. The Morgan fingerprint density at radius 1 is 1.17 bits per heavy atom. The van der Waals surface area contributed by atoms with Crippen LogP contribution in [0.1, 0.15) is 31.9 Å². The Morgan fingerprint density at radius 3 is 2.00 bits per heavy atom. The first kappa shape index (κ1) is 14.3. The molecule has 1 aromatic carbocycles. The molecule has 0 radical (unpaired) electrons. The van der Waals surface area contributed by atoms with E-state index in [0.717, 1.165) is 0 Å². The van der Waals surface area contributed by atoms with Crippen molar-refractivity contribution in [2.45, 2.75) is 32.4 Å². The third-order valence-electron chi connectivity index (χ3n) is 2.42. The van der Waals surface area contributed by atoms with Gasteiger partial charge < -0.3 is 5.11 Å². The normalized spacial score (nSPS) is 12.6. The minimum absolute atomic E-state index is 0.0143. The Balaban J connectivity index is 3.62. The molecule has 1 N–H and O–H groups in total. The van der Waals surface area contributed by atoms with Crippen molar-refractivity contribution in [1.29, 1.82) is 0 Å². The van der Waals surface area contributed by atoms with E-state index in [0.29, 0.717) is 12.1 Å². The summed E-state index contributed by atoms with van der Waals surface area (Å²) in [4.78, 5) is 9.42. The molecule has 0 heterocycles. The lowest BCUT2D eigenvalue weighted by atomic mass is 9.85. The molecule has 18 heavy (non-hydrogen) atoms. The van der Waals surface area contributed by atoms with Gasteiger partial charge in [0.15, 0.2) is 0 Å². The Hall–Kier alpha value is -1.79. The van der Waals surface area contributed by atoms with Gasteiger partial charge in [-0.25, -0.2) is 0 Å². The number of phenolic OH excluding ortho intramolecular Hbond substituents is 1. The summed E-state index contributed by atoms with van der Waals surface area (Å²) in [5.41, 5.74) is -3.23. The fourth-order valence-electron chi connectivity index (χ4n) is 1.56. The van der Waals surface area contributed by atoms with Crippen molar-refractivity contribution in [2.75, 3.05) is 0 Å². The highest BCUT2D eigenvalue weighted by molar-refractivity contribution is 5.53. The SMILES string of the molecule is CC(C)(C)c1cc(C(F)(F)F)c([N+](=O)[O-])cc1O. The maximum Gasteiger partial charge on any atom is 0.423 e. The molecule has 100 valence electrons. The number of rotatable bonds is 1. The molecule has 0 bridgehead atoms. The first-order valence-electron chi connectivity index (χ1n) is 5.03. The minimum atomic E-state index is -4.84. The Kier molecular flexibility index (Phi) is 3.29. The fraction of sp³-hybridized carbons (Fsp3) is 0.455. The largest absolute Gasteiger partial charge is 0.507 e. The van der Waals surface area contributed by atoms with Crippen LogP contribution in [0.2, 0.25) is 0 Å². The van der Waals surface area contributed by atoms with Crippen molar-refractivity contribution in [3.63, 3.8) is 0 Å². The van der Waals surface area contributed by atoms with Crippen LogP contribution in [-0.4, -0.2) is 10.0 Å². The molecular formula is C11H12F3NO3. The van der Waals surface area contributed by atoms with Crippen molar-refractivity contribution in [2.24, 2.45) is 0 Å². The van der Waals surface area contributed by atoms with E-state index in [4.69, 9.17) is 0 Å². The average Bonchev–Trinajstić information content (AvgIpc) is 2.12. The Morgan fingerprint density at radius 2 is 1.67 bits per heavy atom. The lowest BCUT2D eigenvalue weighted by Gasteiger charge is -2.21. The van der Waals surface area contributed by atoms with E-state index in [-0.39, 0.29) is 5.56 Å². The van der Waals surface area contributed by atoms with Crippen LogP contribution in [0.5, 0.6) is 5.75 Å². The van der Waals surface area contributed by atoms with Gasteiger partial charge in [-0.15, -0.1) is 0 Å². The summed E-state index contributed by atoms with van der Waals surface area (Å²) in [5.74, 6) is -0.512. The quantitative estimate of drug-likeness (QED) is 0.621. The van der Waals surface area contributed by atoms with Crippen LogP contribution in [0.15, 0.2) is 12.1 Å². The molecule has 0 aliphatic rings. The van der Waals surface area contributed by atoms with Crippen LogP contribution in [0.3, 0.4) is 0 Å². The minimum Gasteiger partial charge on any atom is -0.507 e. The van der Waals surface area contributed by atoms with Crippen molar-refractivity contribution >= 4 is 5.69 Å². The third-order valence-corrected chi connectivity index (χ3v) is 2.42. The average molecular weight is 263 g/mol. The summed E-state index contributed by atoms with van der Waals surface area (Å²) in [6.07, 6.45) is -4.84. The Labute approximate surface area is 101 Å². The number of phenols is 1. The molecule has 1 rings (SSSR count). The van der Waals surface area contributed by atoms with Gasteiger partial charge in [0, 0.05) is 5.56 Å². The molecule has 0 aliphatic carbocycles. The number of halogens is 3. The number of benzene rings is 1. The van der Waals surface area contributed by atoms with E-state index in [9.17, 15) is 28.4 Å². The Bertz CT molecular complexity index is 490. The highest BCUT2D eigenvalue weighted by Gasteiger charge is 2.40. The number of hydrogen-bond donors (Lipinski definition) is 1. The van der Waals surface area contributed by atoms with Gasteiger partial charge in [-0.2, -0.15) is 13.2 Å². The predicted molar refractivity (Wildman–Crippen MR) is 58.5 cm³/mol. The molecule has 0 aromatic heterocycles. The maximum absolute atomic E-state index is 12.7. The summed E-state index contributed by atoms with van der Waals surface area (Å²) in [6.45, 7) is 4.82.